The highest BCUT2D eigenvalue weighted by Crippen LogP contribution is 2.63. The third-order valence-corrected chi connectivity index (χ3v) is 13.7. The summed E-state index contributed by atoms with van der Waals surface area (Å²) in [7, 11) is 0. The molecule has 0 saturated carbocycles. The zero-order valence-electron chi connectivity index (χ0n) is 31.2. The van der Waals surface area contributed by atoms with Crippen LogP contribution in [0.3, 0.4) is 0 Å². The Labute approximate surface area is 336 Å². The third-order valence-electron chi connectivity index (χ3n) is 12.6. The zero-order valence-corrected chi connectivity index (χ0v) is 32.0. The van der Waals surface area contributed by atoms with Crippen molar-refractivity contribution in [3.63, 3.8) is 0 Å². The van der Waals surface area contributed by atoms with Gasteiger partial charge in [-0.1, -0.05) is 176 Å². The molecule has 10 aromatic rings. The van der Waals surface area contributed by atoms with E-state index >= 15 is 0 Å². The zero-order chi connectivity index (χ0) is 37.5. The summed E-state index contributed by atoms with van der Waals surface area (Å²) in [5.41, 5.74) is 13.6. The number of benzene rings is 9. The molecule has 0 N–H and O–H groups in total. The predicted octanol–water partition coefficient (Wildman–Crippen LogP) is 14.7. The maximum Gasteiger partial charge on any atom is 0.132 e. The van der Waals surface area contributed by atoms with Crippen LogP contribution in [0.25, 0.3) is 53.2 Å². The normalized spacial score (nSPS) is 13.9. The van der Waals surface area contributed by atoms with Crippen molar-refractivity contribution in [2.45, 2.75) is 17.8 Å². The summed E-state index contributed by atoms with van der Waals surface area (Å²) in [4.78, 5) is 0. The van der Waals surface area contributed by atoms with Crippen LogP contribution in [0.4, 0.5) is 0 Å². The van der Waals surface area contributed by atoms with Crippen molar-refractivity contribution >= 4 is 42.3 Å². The van der Waals surface area contributed by atoms with E-state index in [0.717, 1.165) is 17.9 Å². The molecular formula is C55H36OS. The van der Waals surface area contributed by atoms with E-state index in [1.165, 1.54) is 92.1 Å². The molecule has 2 heterocycles. The van der Waals surface area contributed by atoms with Crippen LogP contribution in [0.5, 0.6) is 11.5 Å². The van der Waals surface area contributed by atoms with Crippen molar-refractivity contribution in [1.82, 2.24) is 0 Å². The van der Waals surface area contributed by atoms with Crippen molar-refractivity contribution in [3.8, 4) is 33.8 Å². The summed E-state index contributed by atoms with van der Waals surface area (Å²) in [5, 5.41) is 5.24. The van der Waals surface area contributed by atoms with Gasteiger partial charge in [0.25, 0.3) is 0 Å². The Morgan fingerprint density at radius 2 is 1.11 bits per heavy atom. The number of hydrogen-bond donors (Lipinski definition) is 0. The maximum atomic E-state index is 6.74. The largest absolute Gasteiger partial charge is 0.457 e. The second-order valence-electron chi connectivity index (χ2n) is 15.5. The second kappa shape index (κ2) is 12.6. The van der Waals surface area contributed by atoms with Crippen molar-refractivity contribution in [3.05, 3.63) is 239 Å². The first-order chi connectivity index (χ1) is 28.3. The quantitative estimate of drug-likeness (QED) is 0.171. The SMILES string of the molecule is c1ccc(-c2ccccc2C(Cc2ccc3c(c2)C2(c4ccccc4Oc4ccccc42)c2c-3ccc3ccccc23)c2cccc3sc4ccccc4c23)cc1. The van der Waals surface area contributed by atoms with Gasteiger partial charge in [0.1, 0.15) is 11.5 Å². The number of para-hydroxylation sites is 2. The topological polar surface area (TPSA) is 9.23 Å². The van der Waals surface area contributed by atoms with Crippen molar-refractivity contribution in [1.29, 1.82) is 0 Å². The molecule has 1 spiro atoms. The minimum Gasteiger partial charge on any atom is -0.457 e. The van der Waals surface area contributed by atoms with Gasteiger partial charge in [-0.25, -0.2) is 0 Å². The first-order valence-electron chi connectivity index (χ1n) is 19.8. The molecule has 1 aliphatic heterocycles. The number of rotatable bonds is 5. The lowest BCUT2D eigenvalue weighted by molar-refractivity contribution is 0.437. The first kappa shape index (κ1) is 32.5. The molecule has 1 unspecified atom stereocenters. The average molecular weight is 745 g/mol. The Hall–Kier alpha value is -6.74. The molecule has 0 radical (unpaired) electrons. The van der Waals surface area contributed by atoms with Gasteiger partial charge in [0, 0.05) is 37.2 Å². The Morgan fingerprint density at radius 1 is 0.456 bits per heavy atom. The molecule has 1 atom stereocenters. The summed E-state index contributed by atoms with van der Waals surface area (Å²) in [6.07, 6.45) is 0.841. The summed E-state index contributed by atoms with van der Waals surface area (Å²) >= 11 is 1.90. The molecule has 0 amide bonds. The molecule has 2 heteroatoms. The van der Waals surface area contributed by atoms with Crippen LogP contribution in [0.15, 0.2) is 200 Å². The molecule has 2 aliphatic rings. The summed E-state index contributed by atoms with van der Waals surface area (Å²) in [5.74, 6) is 1.93. The number of ether oxygens (including phenoxy) is 1. The van der Waals surface area contributed by atoms with Crippen LogP contribution < -0.4 is 4.74 Å². The average Bonchev–Trinajstić information content (AvgIpc) is 3.80. The predicted molar refractivity (Wildman–Crippen MR) is 238 cm³/mol. The highest BCUT2D eigenvalue weighted by Gasteiger charge is 2.52. The van der Waals surface area contributed by atoms with Crippen molar-refractivity contribution in [2.24, 2.45) is 0 Å². The van der Waals surface area contributed by atoms with Gasteiger partial charge in [-0.15, -0.1) is 11.3 Å². The van der Waals surface area contributed by atoms with E-state index in [2.05, 4.69) is 200 Å². The lowest BCUT2D eigenvalue weighted by Crippen LogP contribution is -2.32. The van der Waals surface area contributed by atoms with Crippen LogP contribution in [-0.4, -0.2) is 0 Å². The van der Waals surface area contributed by atoms with Crippen molar-refractivity contribution in [2.75, 3.05) is 0 Å². The van der Waals surface area contributed by atoms with E-state index in [1.54, 1.807) is 0 Å². The summed E-state index contributed by atoms with van der Waals surface area (Å²) in [6.45, 7) is 0. The van der Waals surface area contributed by atoms with E-state index in [9.17, 15) is 0 Å². The molecule has 0 fully saturated rings. The molecule has 268 valence electrons. The fourth-order valence-electron chi connectivity index (χ4n) is 10.2. The van der Waals surface area contributed by atoms with Gasteiger partial charge in [-0.05, 0) is 91.5 Å². The Morgan fingerprint density at radius 3 is 1.95 bits per heavy atom. The molecule has 57 heavy (non-hydrogen) atoms. The molecule has 9 aromatic carbocycles. The van der Waals surface area contributed by atoms with Gasteiger partial charge in [0.05, 0.1) is 5.41 Å². The van der Waals surface area contributed by atoms with Crippen LogP contribution >= 0.6 is 11.3 Å². The smallest absolute Gasteiger partial charge is 0.132 e. The highest BCUT2D eigenvalue weighted by atomic mass is 32.1. The van der Waals surface area contributed by atoms with Gasteiger partial charge in [0.2, 0.25) is 0 Å². The summed E-state index contributed by atoms with van der Waals surface area (Å²) < 4.78 is 9.41. The van der Waals surface area contributed by atoms with Crippen LogP contribution in [-0.2, 0) is 11.8 Å². The Balaban J connectivity index is 1.13. The molecule has 12 rings (SSSR count). The Kier molecular flexibility index (Phi) is 7.21. The van der Waals surface area contributed by atoms with E-state index in [4.69, 9.17) is 4.74 Å². The standard InChI is InChI=1S/C55H36OS/c1-2-15-36(16-3-1)38-18-6-7-20-40(38)45(42-22-14-28-52-53(42)44-21-8-13-27-51(44)57-52)33-35-29-31-41-43-32-30-37-17-4-5-19-39(37)54(43)55(48(41)34-35)46-23-9-11-25-49(46)56-50-26-12-10-24-47(50)55/h1-32,34,45H,33H2. The molecule has 1 aromatic heterocycles. The molecule has 0 saturated heterocycles. The van der Waals surface area contributed by atoms with Gasteiger partial charge >= 0.3 is 0 Å². The fourth-order valence-corrected chi connectivity index (χ4v) is 11.4. The highest BCUT2D eigenvalue weighted by molar-refractivity contribution is 7.25. The van der Waals surface area contributed by atoms with Crippen LogP contribution in [0, 0.1) is 0 Å². The fraction of sp³-hybridized carbons (Fsp3) is 0.0545. The van der Waals surface area contributed by atoms with Crippen LogP contribution in [0.2, 0.25) is 0 Å². The first-order valence-corrected chi connectivity index (χ1v) is 20.7. The third kappa shape index (κ3) is 4.75. The lowest BCUT2D eigenvalue weighted by Gasteiger charge is -2.40. The lowest BCUT2D eigenvalue weighted by atomic mass is 9.65. The maximum absolute atomic E-state index is 6.74. The Bertz CT molecular complexity index is 3160. The second-order valence-corrected chi connectivity index (χ2v) is 16.5. The number of thiophene rings is 1. The molecule has 0 bridgehead atoms. The molecule has 1 aliphatic carbocycles. The van der Waals surface area contributed by atoms with E-state index in [1.807, 2.05) is 11.3 Å². The van der Waals surface area contributed by atoms with Gasteiger partial charge < -0.3 is 4.74 Å². The van der Waals surface area contributed by atoms with E-state index in [-0.39, 0.29) is 5.92 Å². The van der Waals surface area contributed by atoms with E-state index < -0.39 is 5.41 Å². The summed E-state index contributed by atoms with van der Waals surface area (Å²) in [6, 6.07) is 74.1. The minimum atomic E-state index is -0.562. The van der Waals surface area contributed by atoms with Gasteiger partial charge in [0.15, 0.2) is 0 Å². The number of hydrogen-bond acceptors (Lipinski definition) is 2. The van der Waals surface area contributed by atoms with E-state index in [0.29, 0.717) is 0 Å². The number of fused-ring (bicyclic) bond motifs is 14. The molecular weight excluding hydrogens is 709 g/mol. The van der Waals surface area contributed by atoms with Crippen LogP contribution in [0.1, 0.15) is 44.9 Å². The van der Waals surface area contributed by atoms with Crippen molar-refractivity contribution < 1.29 is 4.74 Å². The van der Waals surface area contributed by atoms with Gasteiger partial charge in [-0.2, -0.15) is 0 Å². The minimum absolute atomic E-state index is 0.0935. The van der Waals surface area contributed by atoms with Gasteiger partial charge in [-0.3, -0.25) is 0 Å². The monoisotopic (exact) mass is 744 g/mol. The molecule has 1 nitrogen and oxygen atoms in total.